The van der Waals surface area contributed by atoms with Gasteiger partial charge < -0.3 is 10.1 Å². The second-order valence-corrected chi connectivity index (χ2v) is 8.38. The van der Waals surface area contributed by atoms with E-state index in [1.165, 1.54) is 24.3 Å². The Bertz CT molecular complexity index is 1500. The Morgan fingerprint density at radius 3 is 2.14 bits per heavy atom. The number of hydrogen-bond donors (Lipinski definition) is 1. The molecule has 0 fully saturated rings. The van der Waals surface area contributed by atoms with Crippen LogP contribution in [-0.2, 0) is 0 Å². The maximum atomic E-state index is 13.4. The largest absolute Gasteiger partial charge is 0.497 e. The molecule has 182 valence electrons. The molecule has 0 radical (unpaired) electrons. The van der Waals surface area contributed by atoms with Gasteiger partial charge in [-0.2, -0.15) is 5.10 Å². The van der Waals surface area contributed by atoms with Gasteiger partial charge >= 0.3 is 0 Å². The fourth-order valence-electron chi connectivity index (χ4n) is 3.95. The highest BCUT2D eigenvalue weighted by Crippen LogP contribution is 2.29. The average Bonchev–Trinajstić information content (AvgIpc) is 2.85. The van der Waals surface area contributed by atoms with Gasteiger partial charge in [0.2, 0.25) is 5.43 Å². The third kappa shape index (κ3) is 4.85. The van der Waals surface area contributed by atoms with E-state index in [9.17, 15) is 19.7 Å². The SMILES string of the molecule is COc1ccc(-c2c(NC(=O)c3ccc([N+](=O)[O-])cc3)n(-c3cc(C)cc(C)c3)nc(C)c2=O)cc1. The lowest BCUT2D eigenvalue weighted by Crippen LogP contribution is -2.25. The van der Waals surface area contributed by atoms with E-state index < -0.39 is 10.8 Å². The number of benzene rings is 3. The number of anilines is 1. The number of aryl methyl sites for hydroxylation is 3. The average molecular weight is 485 g/mol. The number of carbonyl (C=O) groups is 1. The number of ether oxygens (including phenoxy) is 1. The van der Waals surface area contributed by atoms with Gasteiger partial charge in [-0.05, 0) is 73.9 Å². The fourth-order valence-corrected chi connectivity index (χ4v) is 3.95. The number of nitrogens with one attached hydrogen (secondary N) is 1. The van der Waals surface area contributed by atoms with E-state index in [4.69, 9.17) is 4.74 Å². The Labute approximate surface area is 207 Å². The van der Waals surface area contributed by atoms with Crippen molar-refractivity contribution in [1.29, 1.82) is 0 Å². The van der Waals surface area contributed by atoms with E-state index in [1.54, 1.807) is 43.0 Å². The Morgan fingerprint density at radius 2 is 1.58 bits per heavy atom. The zero-order valence-electron chi connectivity index (χ0n) is 20.2. The van der Waals surface area contributed by atoms with Gasteiger partial charge in [0.1, 0.15) is 17.3 Å². The first kappa shape index (κ1) is 24.3. The summed E-state index contributed by atoms with van der Waals surface area (Å²) in [5.74, 6) is 0.266. The number of nitro groups is 1. The summed E-state index contributed by atoms with van der Waals surface area (Å²) in [4.78, 5) is 37.1. The first-order valence-electron chi connectivity index (χ1n) is 11.1. The molecule has 0 atom stereocenters. The highest BCUT2D eigenvalue weighted by Gasteiger charge is 2.21. The van der Waals surface area contributed by atoms with Crippen molar-refractivity contribution in [2.45, 2.75) is 20.8 Å². The predicted octanol–water partition coefficient (Wildman–Crippen LogP) is 4.99. The Hall–Kier alpha value is -4.79. The van der Waals surface area contributed by atoms with Crippen LogP contribution in [0.5, 0.6) is 5.75 Å². The molecule has 0 saturated carbocycles. The summed E-state index contributed by atoms with van der Waals surface area (Å²) in [7, 11) is 1.55. The summed E-state index contributed by atoms with van der Waals surface area (Å²) < 4.78 is 6.79. The maximum absolute atomic E-state index is 13.4. The maximum Gasteiger partial charge on any atom is 0.269 e. The number of aromatic nitrogens is 2. The molecule has 1 N–H and O–H groups in total. The third-order valence-electron chi connectivity index (χ3n) is 5.66. The quantitative estimate of drug-likeness (QED) is 0.304. The van der Waals surface area contributed by atoms with Gasteiger partial charge in [-0.15, -0.1) is 0 Å². The van der Waals surface area contributed by atoms with Crippen molar-refractivity contribution in [3.8, 4) is 22.6 Å². The highest BCUT2D eigenvalue weighted by molar-refractivity contribution is 6.06. The molecule has 0 unspecified atom stereocenters. The molecular formula is C27H24N4O5. The predicted molar refractivity (Wildman–Crippen MR) is 137 cm³/mol. The summed E-state index contributed by atoms with van der Waals surface area (Å²) in [6.07, 6.45) is 0. The summed E-state index contributed by atoms with van der Waals surface area (Å²) in [6.45, 7) is 5.52. The van der Waals surface area contributed by atoms with Crippen molar-refractivity contribution in [1.82, 2.24) is 9.78 Å². The fraction of sp³-hybridized carbons (Fsp3) is 0.148. The first-order chi connectivity index (χ1) is 17.2. The number of hydrogen-bond acceptors (Lipinski definition) is 6. The smallest absolute Gasteiger partial charge is 0.269 e. The van der Waals surface area contributed by atoms with Crippen molar-refractivity contribution >= 4 is 17.4 Å². The number of methoxy groups -OCH3 is 1. The van der Waals surface area contributed by atoms with Gasteiger partial charge in [0.15, 0.2) is 0 Å². The third-order valence-corrected chi connectivity index (χ3v) is 5.66. The van der Waals surface area contributed by atoms with Gasteiger partial charge in [0.25, 0.3) is 11.6 Å². The molecule has 1 aromatic heterocycles. The lowest BCUT2D eigenvalue weighted by atomic mass is 10.0. The van der Waals surface area contributed by atoms with Crippen LogP contribution in [0.4, 0.5) is 11.5 Å². The number of nitrogens with zero attached hydrogens (tertiary/aromatic N) is 3. The number of rotatable bonds is 6. The van der Waals surface area contributed by atoms with Crippen LogP contribution in [0, 0.1) is 30.9 Å². The van der Waals surface area contributed by atoms with Crippen molar-refractivity contribution in [2.75, 3.05) is 12.4 Å². The Morgan fingerprint density at radius 1 is 0.972 bits per heavy atom. The van der Waals surface area contributed by atoms with E-state index in [1.807, 2.05) is 32.0 Å². The minimum Gasteiger partial charge on any atom is -0.497 e. The van der Waals surface area contributed by atoms with Gasteiger partial charge in [-0.3, -0.25) is 19.7 Å². The number of nitro benzene ring substituents is 1. The van der Waals surface area contributed by atoms with Crippen molar-refractivity contribution in [2.24, 2.45) is 0 Å². The molecule has 0 spiro atoms. The van der Waals surface area contributed by atoms with Crippen LogP contribution in [0.25, 0.3) is 16.8 Å². The standard InChI is InChI=1S/C27H24N4O5/c1-16-13-17(2)15-22(14-16)30-26(28-27(33)20-5-9-21(10-6-20)31(34)35)24(25(32)18(3)29-30)19-7-11-23(36-4)12-8-19/h5-15H,1-4H3,(H,28,33). The topological polar surface area (TPSA) is 116 Å². The van der Waals surface area contributed by atoms with Crippen LogP contribution in [0.3, 0.4) is 0 Å². The normalized spacial score (nSPS) is 10.7. The second kappa shape index (κ2) is 9.83. The molecule has 0 aliphatic heterocycles. The molecule has 9 nitrogen and oxygen atoms in total. The molecule has 0 aliphatic carbocycles. The van der Waals surface area contributed by atoms with Gasteiger partial charge in [-0.25, -0.2) is 4.68 Å². The van der Waals surface area contributed by atoms with Crippen LogP contribution >= 0.6 is 0 Å². The molecule has 0 saturated heterocycles. The molecule has 0 aliphatic rings. The number of non-ortho nitro benzene ring substituents is 1. The van der Waals surface area contributed by atoms with Crippen LogP contribution in [-0.4, -0.2) is 27.7 Å². The van der Waals surface area contributed by atoms with E-state index in [0.717, 1.165) is 11.1 Å². The Balaban J connectivity index is 1.93. The van der Waals surface area contributed by atoms with Crippen LogP contribution < -0.4 is 15.5 Å². The van der Waals surface area contributed by atoms with E-state index in [0.29, 0.717) is 17.0 Å². The monoisotopic (exact) mass is 484 g/mol. The summed E-state index contributed by atoms with van der Waals surface area (Å²) >= 11 is 0. The number of amides is 1. The zero-order valence-corrected chi connectivity index (χ0v) is 20.2. The lowest BCUT2D eigenvalue weighted by molar-refractivity contribution is -0.384. The summed E-state index contributed by atoms with van der Waals surface area (Å²) in [6, 6.07) is 18.0. The lowest BCUT2D eigenvalue weighted by Gasteiger charge is -2.19. The molecule has 36 heavy (non-hydrogen) atoms. The molecular weight excluding hydrogens is 460 g/mol. The van der Waals surface area contributed by atoms with Crippen molar-refractivity contribution in [3.05, 3.63) is 109 Å². The summed E-state index contributed by atoms with van der Waals surface area (Å²) in [5, 5.41) is 18.3. The molecule has 3 aromatic carbocycles. The van der Waals surface area contributed by atoms with Crippen molar-refractivity contribution in [3.63, 3.8) is 0 Å². The summed E-state index contributed by atoms with van der Waals surface area (Å²) in [5.41, 5.74) is 3.47. The van der Waals surface area contributed by atoms with E-state index in [2.05, 4.69) is 10.4 Å². The molecule has 1 amide bonds. The molecule has 0 bridgehead atoms. The van der Waals surface area contributed by atoms with E-state index >= 15 is 0 Å². The van der Waals surface area contributed by atoms with E-state index in [-0.39, 0.29) is 33.8 Å². The van der Waals surface area contributed by atoms with Gasteiger partial charge in [-0.1, -0.05) is 18.2 Å². The number of carbonyl (C=O) groups excluding carboxylic acids is 1. The van der Waals surface area contributed by atoms with Crippen molar-refractivity contribution < 1.29 is 14.5 Å². The van der Waals surface area contributed by atoms with Crippen LogP contribution in [0.1, 0.15) is 27.2 Å². The second-order valence-electron chi connectivity index (χ2n) is 8.38. The van der Waals surface area contributed by atoms with Gasteiger partial charge in [0, 0.05) is 17.7 Å². The van der Waals surface area contributed by atoms with Crippen LogP contribution in [0.15, 0.2) is 71.5 Å². The first-order valence-corrected chi connectivity index (χ1v) is 11.1. The zero-order chi connectivity index (χ0) is 26.0. The highest BCUT2D eigenvalue weighted by atomic mass is 16.6. The minimum atomic E-state index is -0.539. The molecule has 1 heterocycles. The Kier molecular flexibility index (Phi) is 6.64. The minimum absolute atomic E-state index is 0.130. The molecule has 9 heteroatoms. The van der Waals surface area contributed by atoms with Gasteiger partial charge in [0.05, 0.1) is 23.3 Å². The van der Waals surface area contributed by atoms with Crippen LogP contribution in [0.2, 0.25) is 0 Å². The molecule has 4 rings (SSSR count). The molecule has 4 aromatic rings.